The molecular weight excluding hydrogens is 268 g/mol. The largest absolute Gasteiger partial charge is 0.341 e. The highest BCUT2D eigenvalue weighted by atomic mass is 28.3. The molecule has 5 nitrogen and oxygen atoms in total. The van der Waals surface area contributed by atoms with Gasteiger partial charge in [-0.15, -0.1) is 5.54 Å². The van der Waals surface area contributed by atoms with E-state index in [1.807, 2.05) is 4.90 Å². The maximum atomic E-state index is 12.0. The first-order valence-corrected chi connectivity index (χ1v) is 10.5. The smallest absolute Gasteiger partial charge is 0.268 e. The summed E-state index contributed by atoms with van der Waals surface area (Å²) in [6.45, 7) is 8.06. The molecule has 20 heavy (non-hydrogen) atoms. The average molecular weight is 290 g/mol. The van der Waals surface area contributed by atoms with Crippen molar-refractivity contribution in [2.45, 2.75) is 38.5 Å². The van der Waals surface area contributed by atoms with E-state index in [1.54, 1.807) is 6.20 Å². The highest BCUT2D eigenvalue weighted by molar-refractivity contribution is 6.83. The summed E-state index contributed by atoms with van der Waals surface area (Å²) in [5.41, 5.74) is 9.40. The van der Waals surface area contributed by atoms with Gasteiger partial charge in [0.05, 0.1) is 6.20 Å². The number of hydrogen-bond donors (Lipinski definition) is 2. The molecule has 3 N–H and O–H groups in total. The van der Waals surface area contributed by atoms with Crippen molar-refractivity contribution in [2.75, 3.05) is 18.0 Å². The first-order valence-electron chi connectivity index (χ1n) is 6.98. The number of anilines is 1. The molecule has 0 bridgehead atoms. The van der Waals surface area contributed by atoms with Crippen molar-refractivity contribution in [2.24, 2.45) is 5.73 Å². The Labute approximate surface area is 120 Å². The van der Waals surface area contributed by atoms with Crippen molar-refractivity contribution >= 4 is 14.0 Å². The molecule has 1 fully saturated rings. The van der Waals surface area contributed by atoms with E-state index >= 15 is 0 Å². The maximum Gasteiger partial charge on any atom is 0.268 e. The highest BCUT2D eigenvalue weighted by Crippen LogP contribution is 2.13. The molecule has 1 aromatic heterocycles. The molecule has 1 aromatic rings. The SMILES string of the molecule is C[Si](C)(C)C#Cc1cnc(N2CCC[C@@H](N)C2)[nH]c1=O. The Morgan fingerprint density at radius 1 is 1.50 bits per heavy atom. The lowest BCUT2D eigenvalue weighted by atomic mass is 10.1. The Hall–Kier alpha value is -1.58. The van der Waals surface area contributed by atoms with Gasteiger partial charge in [0.2, 0.25) is 5.95 Å². The standard InChI is InChI=1S/C14H22N4OSi/c1-20(2,3)8-6-11-9-16-14(17-13(11)19)18-7-4-5-12(15)10-18/h9,12H,4-5,7,10,15H2,1-3H3,(H,16,17,19)/t12-/m1/s1. The maximum absolute atomic E-state index is 12.0. The molecule has 0 radical (unpaired) electrons. The molecule has 108 valence electrons. The number of aromatic nitrogens is 2. The van der Waals surface area contributed by atoms with Gasteiger partial charge in [0.25, 0.3) is 5.56 Å². The summed E-state index contributed by atoms with van der Waals surface area (Å²) in [7, 11) is -1.49. The second-order valence-corrected chi connectivity index (χ2v) is 11.0. The Bertz CT molecular complexity index is 594. The van der Waals surface area contributed by atoms with Crippen molar-refractivity contribution in [1.82, 2.24) is 9.97 Å². The lowest BCUT2D eigenvalue weighted by Gasteiger charge is -2.30. The Morgan fingerprint density at radius 2 is 2.25 bits per heavy atom. The summed E-state index contributed by atoms with van der Waals surface area (Å²) in [6.07, 6.45) is 3.63. The first-order chi connectivity index (χ1) is 9.35. The van der Waals surface area contributed by atoms with E-state index in [1.165, 1.54) is 0 Å². The molecule has 2 heterocycles. The van der Waals surface area contributed by atoms with Crippen LogP contribution in [0.4, 0.5) is 5.95 Å². The van der Waals surface area contributed by atoms with Crippen LogP contribution in [0.25, 0.3) is 0 Å². The van der Waals surface area contributed by atoms with Crippen LogP contribution in [0.2, 0.25) is 19.6 Å². The van der Waals surface area contributed by atoms with Crippen LogP contribution in [-0.2, 0) is 0 Å². The van der Waals surface area contributed by atoms with Crippen molar-refractivity contribution in [3.8, 4) is 11.5 Å². The Morgan fingerprint density at radius 3 is 2.85 bits per heavy atom. The van der Waals surface area contributed by atoms with Crippen molar-refractivity contribution in [3.05, 3.63) is 22.1 Å². The normalized spacial score (nSPS) is 19.4. The molecule has 0 aromatic carbocycles. The van der Waals surface area contributed by atoms with Gasteiger partial charge in [-0.2, -0.15) is 0 Å². The molecule has 0 aliphatic carbocycles. The summed E-state index contributed by atoms with van der Waals surface area (Å²) in [5.74, 6) is 3.55. The fourth-order valence-electron chi connectivity index (χ4n) is 2.09. The number of nitrogens with one attached hydrogen (secondary N) is 1. The second-order valence-electron chi connectivity index (χ2n) is 6.30. The second kappa shape index (κ2) is 5.81. The summed E-state index contributed by atoms with van der Waals surface area (Å²) in [4.78, 5) is 21.2. The minimum Gasteiger partial charge on any atom is -0.341 e. The van der Waals surface area contributed by atoms with Gasteiger partial charge in [0.1, 0.15) is 13.6 Å². The monoisotopic (exact) mass is 290 g/mol. The third-order valence-corrected chi connectivity index (χ3v) is 3.99. The van der Waals surface area contributed by atoms with Crippen LogP contribution in [0.5, 0.6) is 0 Å². The minimum absolute atomic E-state index is 0.153. The number of nitrogens with two attached hydrogens (primary N) is 1. The van der Waals surface area contributed by atoms with Gasteiger partial charge in [-0.3, -0.25) is 9.78 Å². The van der Waals surface area contributed by atoms with Crippen molar-refractivity contribution in [1.29, 1.82) is 0 Å². The molecular formula is C14H22N4OSi. The van der Waals surface area contributed by atoms with Crippen LogP contribution < -0.4 is 16.2 Å². The van der Waals surface area contributed by atoms with E-state index in [0.29, 0.717) is 11.5 Å². The number of piperidine rings is 1. The zero-order chi connectivity index (χ0) is 14.8. The van der Waals surface area contributed by atoms with Crippen LogP contribution >= 0.6 is 0 Å². The van der Waals surface area contributed by atoms with Crippen LogP contribution in [-0.4, -0.2) is 37.2 Å². The zero-order valence-corrected chi connectivity index (χ0v) is 13.4. The molecule has 0 saturated carbocycles. The molecule has 1 saturated heterocycles. The summed E-state index contributed by atoms with van der Waals surface area (Å²) in [5, 5.41) is 0. The van der Waals surface area contributed by atoms with Crippen LogP contribution in [0, 0.1) is 11.5 Å². The molecule has 0 spiro atoms. The summed E-state index contributed by atoms with van der Waals surface area (Å²) >= 11 is 0. The molecule has 0 amide bonds. The number of H-pyrrole nitrogens is 1. The molecule has 2 rings (SSSR count). The summed E-state index contributed by atoms with van der Waals surface area (Å²) < 4.78 is 0. The van der Waals surface area contributed by atoms with E-state index in [0.717, 1.165) is 25.9 Å². The van der Waals surface area contributed by atoms with E-state index in [4.69, 9.17) is 5.73 Å². The van der Waals surface area contributed by atoms with Gasteiger partial charge in [-0.05, 0) is 12.8 Å². The number of rotatable bonds is 1. The average Bonchev–Trinajstić information content (AvgIpc) is 2.36. The third-order valence-electron chi connectivity index (χ3n) is 3.12. The molecule has 1 atom stereocenters. The molecule has 1 aliphatic heterocycles. The van der Waals surface area contributed by atoms with E-state index in [-0.39, 0.29) is 11.6 Å². The van der Waals surface area contributed by atoms with Crippen molar-refractivity contribution < 1.29 is 0 Å². The number of hydrogen-bond acceptors (Lipinski definition) is 4. The highest BCUT2D eigenvalue weighted by Gasteiger charge is 2.18. The number of aromatic amines is 1. The van der Waals surface area contributed by atoms with Crippen LogP contribution in [0.3, 0.4) is 0 Å². The van der Waals surface area contributed by atoms with E-state index in [2.05, 4.69) is 41.1 Å². The van der Waals surface area contributed by atoms with Gasteiger partial charge in [0.15, 0.2) is 0 Å². The molecule has 6 heteroatoms. The van der Waals surface area contributed by atoms with Crippen LogP contribution in [0.1, 0.15) is 18.4 Å². The quantitative estimate of drug-likeness (QED) is 0.596. The fourth-order valence-corrected chi connectivity index (χ4v) is 2.60. The first kappa shape index (κ1) is 14.8. The van der Waals surface area contributed by atoms with Gasteiger partial charge in [-0.1, -0.05) is 25.6 Å². The predicted octanol–water partition coefficient (Wildman–Crippen LogP) is 0.926. The lowest BCUT2D eigenvalue weighted by Crippen LogP contribution is -2.44. The van der Waals surface area contributed by atoms with E-state index in [9.17, 15) is 4.79 Å². The Balaban J connectivity index is 2.21. The number of nitrogens with zero attached hydrogens (tertiary/aromatic N) is 2. The Kier molecular flexibility index (Phi) is 4.31. The van der Waals surface area contributed by atoms with Crippen LogP contribution in [0.15, 0.2) is 11.0 Å². The molecule has 0 unspecified atom stereocenters. The van der Waals surface area contributed by atoms with Gasteiger partial charge in [-0.25, -0.2) is 4.98 Å². The third kappa shape index (κ3) is 3.95. The fraction of sp³-hybridized carbons (Fsp3) is 0.571. The van der Waals surface area contributed by atoms with Gasteiger partial charge in [0, 0.05) is 19.1 Å². The predicted molar refractivity (Wildman–Crippen MR) is 84.5 cm³/mol. The zero-order valence-electron chi connectivity index (χ0n) is 12.4. The summed E-state index contributed by atoms with van der Waals surface area (Å²) in [6, 6.07) is 0.153. The van der Waals surface area contributed by atoms with Gasteiger partial charge < -0.3 is 10.6 Å². The van der Waals surface area contributed by atoms with Gasteiger partial charge >= 0.3 is 0 Å². The topological polar surface area (TPSA) is 75.0 Å². The molecule has 1 aliphatic rings. The lowest BCUT2D eigenvalue weighted by molar-refractivity contribution is 0.499. The minimum atomic E-state index is -1.49. The van der Waals surface area contributed by atoms with Crippen molar-refractivity contribution in [3.63, 3.8) is 0 Å². The van der Waals surface area contributed by atoms with E-state index < -0.39 is 8.07 Å².